The Kier molecular flexibility index (Phi) is 6.58. The number of esters is 1. The standard InChI is InChI=1S/C26H24FN3O4/c1-15(28-20-8-3-4-9-21(20)30-25(32)22-14-23(31)29-22)16-10-12-17(13-11-16)18-6-5-7-19(27)24(18)26(33)34-2/h3-13,15,22,28H,14H2,1-2H3,(H,29,31)(H,30,32). The molecule has 2 atom stereocenters. The molecular weight excluding hydrogens is 437 g/mol. The topological polar surface area (TPSA) is 96.5 Å². The summed E-state index contributed by atoms with van der Waals surface area (Å²) in [5.74, 6) is -1.76. The van der Waals surface area contributed by atoms with Crippen LogP contribution in [0, 0.1) is 5.82 Å². The normalized spacial score (nSPS) is 15.5. The minimum Gasteiger partial charge on any atom is -0.465 e. The molecule has 0 spiro atoms. The number of ether oxygens (including phenoxy) is 1. The van der Waals surface area contributed by atoms with Crippen LogP contribution in [-0.2, 0) is 14.3 Å². The van der Waals surface area contributed by atoms with Crippen molar-refractivity contribution in [3.63, 3.8) is 0 Å². The number of nitrogens with one attached hydrogen (secondary N) is 3. The number of halogens is 1. The molecule has 0 radical (unpaired) electrons. The van der Waals surface area contributed by atoms with Gasteiger partial charge in [0.05, 0.1) is 24.9 Å². The predicted molar refractivity (Wildman–Crippen MR) is 127 cm³/mol. The van der Waals surface area contributed by atoms with Crippen molar-refractivity contribution in [1.82, 2.24) is 5.32 Å². The summed E-state index contributed by atoms with van der Waals surface area (Å²) in [5, 5.41) is 8.80. The van der Waals surface area contributed by atoms with E-state index < -0.39 is 17.8 Å². The van der Waals surface area contributed by atoms with Crippen molar-refractivity contribution >= 4 is 29.2 Å². The van der Waals surface area contributed by atoms with Gasteiger partial charge in [-0.1, -0.05) is 48.5 Å². The molecule has 3 aromatic carbocycles. The van der Waals surface area contributed by atoms with E-state index in [-0.39, 0.29) is 29.8 Å². The fourth-order valence-electron chi connectivity index (χ4n) is 3.80. The SMILES string of the molecule is COC(=O)c1c(F)cccc1-c1ccc(C(C)Nc2ccccc2NC(=O)C2CC(=O)N2)cc1. The monoisotopic (exact) mass is 461 g/mol. The Balaban J connectivity index is 1.50. The molecule has 1 aliphatic heterocycles. The third-order valence-corrected chi connectivity index (χ3v) is 5.72. The molecule has 34 heavy (non-hydrogen) atoms. The molecule has 0 aromatic heterocycles. The first-order valence-corrected chi connectivity index (χ1v) is 10.8. The molecular formula is C26H24FN3O4. The number of carbonyl (C=O) groups excluding carboxylic acids is 3. The van der Waals surface area contributed by atoms with Gasteiger partial charge in [-0.2, -0.15) is 0 Å². The molecule has 1 heterocycles. The Hall–Kier alpha value is -4.20. The number of carbonyl (C=O) groups is 3. The summed E-state index contributed by atoms with van der Waals surface area (Å²) in [7, 11) is 1.22. The zero-order chi connectivity index (χ0) is 24.2. The Morgan fingerprint density at radius 1 is 1.03 bits per heavy atom. The number of rotatable bonds is 7. The molecule has 0 bridgehead atoms. The molecule has 174 valence electrons. The number of para-hydroxylation sites is 2. The first-order valence-electron chi connectivity index (χ1n) is 10.8. The minimum absolute atomic E-state index is 0.101. The van der Waals surface area contributed by atoms with Gasteiger partial charge in [0.1, 0.15) is 17.4 Å². The highest BCUT2D eigenvalue weighted by atomic mass is 19.1. The highest BCUT2D eigenvalue weighted by Crippen LogP contribution is 2.30. The number of benzene rings is 3. The smallest absolute Gasteiger partial charge is 0.341 e. The number of β-lactam (4-membered cyclic amide) rings is 1. The van der Waals surface area contributed by atoms with Gasteiger partial charge in [-0.15, -0.1) is 0 Å². The van der Waals surface area contributed by atoms with Gasteiger partial charge in [0.2, 0.25) is 11.8 Å². The lowest BCUT2D eigenvalue weighted by Crippen LogP contribution is -2.55. The van der Waals surface area contributed by atoms with E-state index in [4.69, 9.17) is 4.74 Å². The molecule has 2 amide bonds. The average molecular weight is 461 g/mol. The van der Waals surface area contributed by atoms with E-state index in [1.54, 1.807) is 18.2 Å². The first kappa shape index (κ1) is 23.0. The maximum absolute atomic E-state index is 14.3. The third-order valence-electron chi connectivity index (χ3n) is 5.72. The highest BCUT2D eigenvalue weighted by molar-refractivity contribution is 6.04. The summed E-state index contributed by atoms with van der Waals surface area (Å²) in [6.45, 7) is 1.97. The van der Waals surface area contributed by atoms with Crippen molar-refractivity contribution < 1.29 is 23.5 Å². The van der Waals surface area contributed by atoms with Crippen molar-refractivity contribution in [2.24, 2.45) is 0 Å². The van der Waals surface area contributed by atoms with E-state index >= 15 is 0 Å². The third kappa shape index (κ3) is 4.76. The average Bonchev–Trinajstić information content (AvgIpc) is 2.82. The minimum atomic E-state index is -0.729. The number of hydrogen-bond acceptors (Lipinski definition) is 5. The van der Waals surface area contributed by atoms with Crippen molar-refractivity contribution in [2.45, 2.75) is 25.4 Å². The maximum Gasteiger partial charge on any atom is 0.341 e. The van der Waals surface area contributed by atoms with Crippen LogP contribution < -0.4 is 16.0 Å². The summed E-state index contributed by atoms with van der Waals surface area (Å²) >= 11 is 0. The van der Waals surface area contributed by atoms with E-state index in [9.17, 15) is 18.8 Å². The van der Waals surface area contributed by atoms with Crippen LogP contribution in [0.25, 0.3) is 11.1 Å². The van der Waals surface area contributed by atoms with E-state index in [0.29, 0.717) is 16.8 Å². The predicted octanol–water partition coefficient (Wildman–Crippen LogP) is 4.28. The van der Waals surface area contributed by atoms with E-state index in [2.05, 4.69) is 16.0 Å². The van der Waals surface area contributed by atoms with Crippen molar-refractivity contribution in [1.29, 1.82) is 0 Å². The zero-order valence-corrected chi connectivity index (χ0v) is 18.7. The second-order valence-corrected chi connectivity index (χ2v) is 8.00. The van der Waals surface area contributed by atoms with Gasteiger partial charge in [-0.05, 0) is 41.8 Å². The molecule has 1 fully saturated rings. The van der Waals surface area contributed by atoms with Gasteiger partial charge < -0.3 is 20.7 Å². The maximum atomic E-state index is 14.3. The van der Waals surface area contributed by atoms with Crippen LogP contribution in [0.15, 0.2) is 66.7 Å². The van der Waals surface area contributed by atoms with Gasteiger partial charge in [0, 0.05) is 6.04 Å². The van der Waals surface area contributed by atoms with Crippen molar-refractivity contribution in [2.75, 3.05) is 17.7 Å². The molecule has 3 N–H and O–H groups in total. The molecule has 7 nitrogen and oxygen atoms in total. The summed E-state index contributed by atoms with van der Waals surface area (Å²) in [4.78, 5) is 35.5. The van der Waals surface area contributed by atoms with Crippen LogP contribution in [0.1, 0.15) is 35.3 Å². The van der Waals surface area contributed by atoms with Crippen LogP contribution in [0.5, 0.6) is 0 Å². The van der Waals surface area contributed by atoms with Crippen LogP contribution >= 0.6 is 0 Å². The molecule has 1 saturated heterocycles. The lowest BCUT2D eigenvalue weighted by Gasteiger charge is -2.26. The fraction of sp³-hybridized carbons (Fsp3) is 0.192. The van der Waals surface area contributed by atoms with Crippen LogP contribution in [0.3, 0.4) is 0 Å². The molecule has 0 saturated carbocycles. The Morgan fingerprint density at radius 2 is 1.71 bits per heavy atom. The Morgan fingerprint density at radius 3 is 2.35 bits per heavy atom. The van der Waals surface area contributed by atoms with Gasteiger partial charge in [-0.25, -0.2) is 9.18 Å². The van der Waals surface area contributed by atoms with Crippen LogP contribution in [-0.4, -0.2) is 30.9 Å². The van der Waals surface area contributed by atoms with E-state index in [1.807, 2.05) is 49.4 Å². The van der Waals surface area contributed by atoms with Crippen LogP contribution in [0.4, 0.5) is 15.8 Å². The largest absolute Gasteiger partial charge is 0.465 e. The summed E-state index contributed by atoms with van der Waals surface area (Å²) in [5.41, 5.74) is 3.33. The zero-order valence-electron chi connectivity index (χ0n) is 18.7. The molecule has 8 heteroatoms. The van der Waals surface area contributed by atoms with Crippen LogP contribution in [0.2, 0.25) is 0 Å². The van der Waals surface area contributed by atoms with Crippen molar-refractivity contribution in [3.05, 3.63) is 83.7 Å². The lowest BCUT2D eigenvalue weighted by atomic mass is 9.97. The van der Waals surface area contributed by atoms with E-state index in [1.165, 1.54) is 13.2 Å². The molecule has 2 unspecified atom stereocenters. The quantitative estimate of drug-likeness (QED) is 0.361. The van der Waals surface area contributed by atoms with Gasteiger partial charge in [-0.3, -0.25) is 9.59 Å². The van der Waals surface area contributed by atoms with E-state index in [0.717, 1.165) is 11.3 Å². The lowest BCUT2D eigenvalue weighted by molar-refractivity contribution is -0.134. The Bertz CT molecular complexity index is 1240. The molecule has 3 aromatic rings. The van der Waals surface area contributed by atoms with Gasteiger partial charge in [0.25, 0.3) is 0 Å². The number of methoxy groups -OCH3 is 1. The molecule has 1 aliphatic rings. The number of anilines is 2. The second-order valence-electron chi connectivity index (χ2n) is 8.00. The fourth-order valence-corrected chi connectivity index (χ4v) is 3.80. The molecule has 4 rings (SSSR count). The van der Waals surface area contributed by atoms with Gasteiger partial charge in [0.15, 0.2) is 0 Å². The summed E-state index contributed by atoms with van der Waals surface area (Å²) < 4.78 is 19.0. The summed E-state index contributed by atoms with van der Waals surface area (Å²) in [6.07, 6.45) is 0.188. The first-order chi connectivity index (χ1) is 16.4. The number of hydrogen-bond donors (Lipinski definition) is 3. The Labute approximate surface area is 196 Å². The second kappa shape index (κ2) is 9.74. The summed E-state index contributed by atoms with van der Waals surface area (Å²) in [6, 6.07) is 18.6. The number of amides is 2. The molecule has 0 aliphatic carbocycles. The van der Waals surface area contributed by atoms with Crippen molar-refractivity contribution in [3.8, 4) is 11.1 Å². The van der Waals surface area contributed by atoms with Gasteiger partial charge >= 0.3 is 5.97 Å². The highest BCUT2D eigenvalue weighted by Gasteiger charge is 2.32.